The minimum absolute atomic E-state index is 0.0598. The molecule has 5 rings (SSSR count). The van der Waals surface area contributed by atoms with Gasteiger partial charge in [0, 0.05) is 31.2 Å². The van der Waals surface area contributed by atoms with Crippen LogP contribution < -0.4 is 14.2 Å². The van der Waals surface area contributed by atoms with Crippen molar-refractivity contribution >= 4 is 0 Å². The zero-order valence-corrected chi connectivity index (χ0v) is 18.1. The molecule has 5 nitrogen and oxygen atoms in total. The molecule has 160 valence electrons. The van der Waals surface area contributed by atoms with E-state index < -0.39 is 0 Å². The lowest BCUT2D eigenvalue weighted by Crippen LogP contribution is -2.50. The molecule has 3 aliphatic rings. The van der Waals surface area contributed by atoms with Gasteiger partial charge in [0.05, 0.1) is 0 Å². The van der Waals surface area contributed by atoms with Crippen molar-refractivity contribution in [1.29, 1.82) is 0 Å². The summed E-state index contributed by atoms with van der Waals surface area (Å²) in [5.74, 6) is 2.82. The van der Waals surface area contributed by atoms with Crippen molar-refractivity contribution in [2.75, 3.05) is 33.9 Å². The smallest absolute Gasteiger partial charge is 0.161 e. The molecule has 2 aromatic carbocycles. The van der Waals surface area contributed by atoms with E-state index >= 15 is 0 Å². The number of benzene rings is 2. The fourth-order valence-corrected chi connectivity index (χ4v) is 5.27. The van der Waals surface area contributed by atoms with Gasteiger partial charge in [0.15, 0.2) is 11.5 Å². The standard InChI is InChI=1S/C25H32N2O3/c1-26-17-20-5-3-4-6-22(20)30-25(18-26)11-9-21(10-12-25)27(2)16-19-7-8-23-24(15-19)29-14-13-28-23/h3-8,15,21H,9-14,16-18H2,1-2H3. The zero-order valence-electron chi connectivity index (χ0n) is 18.1. The van der Waals surface area contributed by atoms with Crippen LogP contribution in [0.2, 0.25) is 0 Å². The van der Waals surface area contributed by atoms with E-state index in [1.807, 2.05) is 6.07 Å². The average Bonchev–Trinajstić information content (AvgIpc) is 2.89. The molecule has 0 unspecified atom stereocenters. The van der Waals surface area contributed by atoms with E-state index in [2.05, 4.69) is 60.3 Å². The first kappa shape index (κ1) is 19.7. The van der Waals surface area contributed by atoms with Crippen LogP contribution in [0.15, 0.2) is 42.5 Å². The summed E-state index contributed by atoms with van der Waals surface area (Å²) in [7, 11) is 4.46. The summed E-state index contributed by atoms with van der Waals surface area (Å²) in [6.07, 6.45) is 4.53. The summed E-state index contributed by atoms with van der Waals surface area (Å²) in [5.41, 5.74) is 2.52. The molecule has 0 aromatic heterocycles. The van der Waals surface area contributed by atoms with Crippen LogP contribution in [0.4, 0.5) is 0 Å². The molecule has 30 heavy (non-hydrogen) atoms. The van der Waals surface area contributed by atoms with Crippen molar-refractivity contribution in [3.8, 4) is 17.2 Å². The van der Waals surface area contributed by atoms with E-state index in [1.54, 1.807) is 0 Å². The predicted octanol–water partition coefficient (Wildman–Crippen LogP) is 4.10. The minimum Gasteiger partial charge on any atom is -0.486 e. The largest absolute Gasteiger partial charge is 0.486 e. The number of hydrogen-bond donors (Lipinski definition) is 0. The normalized spacial score (nSPS) is 26.2. The third-order valence-electron chi connectivity index (χ3n) is 6.83. The maximum absolute atomic E-state index is 6.67. The molecular weight excluding hydrogens is 376 g/mol. The molecule has 0 radical (unpaired) electrons. The first-order valence-corrected chi connectivity index (χ1v) is 11.1. The predicted molar refractivity (Wildman–Crippen MR) is 117 cm³/mol. The second-order valence-corrected chi connectivity index (χ2v) is 9.19. The molecular formula is C25H32N2O3. The molecule has 0 atom stereocenters. The molecule has 2 aromatic rings. The van der Waals surface area contributed by atoms with Crippen LogP contribution in [-0.2, 0) is 13.1 Å². The van der Waals surface area contributed by atoms with Gasteiger partial charge in [0.1, 0.15) is 24.6 Å². The topological polar surface area (TPSA) is 34.2 Å². The summed E-state index contributed by atoms with van der Waals surface area (Å²) in [4.78, 5) is 4.91. The van der Waals surface area contributed by atoms with Crippen LogP contribution in [0.25, 0.3) is 0 Å². The van der Waals surface area contributed by atoms with Crippen LogP contribution in [0, 0.1) is 0 Å². The SMILES string of the molecule is CN1Cc2ccccc2OC2(CCC(N(C)Cc3ccc4c(c3)OCCO4)CC2)C1. The van der Waals surface area contributed by atoms with Crippen molar-refractivity contribution in [3.05, 3.63) is 53.6 Å². The Balaban J connectivity index is 1.23. The summed E-state index contributed by atoms with van der Waals surface area (Å²) < 4.78 is 18.1. The van der Waals surface area contributed by atoms with Gasteiger partial charge in [-0.25, -0.2) is 0 Å². The third-order valence-corrected chi connectivity index (χ3v) is 6.83. The Morgan fingerprint density at radius 1 is 1.00 bits per heavy atom. The number of nitrogens with zero attached hydrogens (tertiary/aromatic N) is 2. The van der Waals surface area contributed by atoms with Gasteiger partial charge in [-0.3, -0.25) is 9.80 Å². The lowest BCUT2D eigenvalue weighted by Gasteiger charge is -2.43. The summed E-state index contributed by atoms with van der Waals surface area (Å²) in [5, 5.41) is 0. The molecule has 0 amide bonds. The highest BCUT2D eigenvalue weighted by atomic mass is 16.6. The fourth-order valence-electron chi connectivity index (χ4n) is 5.27. The summed E-state index contributed by atoms with van der Waals surface area (Å²) in [6, 6.07) is 15.4. The average molecular weight is 409 g/mol. The van der Waals surface area contributed by atoms with E-state index in [0.29, 0.717) is 19.3 Å². The molecule has 0 saturated heterocycles. The molecule has 1 fully saturated rings. The third kappa shape index (κ3) is 4.01. The van der Waals surface area contributed by atoms with Gasteiger partial charge in [0.2, 0.25) is 0 Å². The van der Waals surface area contributed by atoms with Crippen LogP contribution in [0.3, 0.4) is 0 Å². The number of fused-ring (bicyclic) bond motifs is 2. The van der Waals surface area contributed by atoms with E-state index in [-0.39, 0.29) is 5.60 Å². The van der Waals surface area contributed by atoms with Gasteiger partial charge < -0.3 is 14.2 Å². The van der Waals surface area contributed by atoms with Crippen LogP contribution >= 0.6 is 0 Å². The molecule has 2 heterocycles. The van der Waals surface area contributed by atoms with Crippen LogP contribution in [-0.4, -0.2) is 55.3 Å². The maximum Gasteiger partial charge on any atom is 0.161 e. The Hall–Kier alpha value is -2.24. The molecule has 1 spiro atoms. The van der Waals surface area contributed by atoms with Crippen molar-refractivity contribution in [2.24, 2.45) is 0 Å². The van der Waals surface area contributed by atoms with E-state index in [0.717, 1.165) is 62.6 Å². The molecule has 2 aliphatic heterocycles. The number of likely N-dealkylation sites (N-methyl/N-ethyl adjacent to an activating group) is 1. The lowest BCUT2D eigenvalue weighted by atomic mass is 9.81. The van der Waals surface area contributed by atoms with E-state index in [4.69, 9.17) is 14.2 Å². The number of para-hydroxylation sites is 1. The summed E-state index contributed by atoms with van der Waals surface area (Å²) >= 11 is 0. The van der Waals surface area contributed by atoms with Crippen LogP contribution in [0.1, 0.15) is 36.8 Å². The molecule has 5 heteroatoms. The van der Waals surface area contributed by atoms with Gasteiger partial charge in [-0.05, 0) is 63.5 Å². The van der Waals surface area contributed by atoms with Gasteiger partial charge in [-0.15, -0.1) is 0 Å². The lowest BCUT2D eigenvalue weighted by molar-refractivity contribution is -0.0108. The number of ether oxygens (including phenoxy) is 3. The van der Waals surface area contributed by atoms with Crippen LogP contribution in [0.5, 0.6) is 17.2 Å². The quantitative estimate of drug-likeness (QED) is 0.764. The molecule has 1 aliphatic carbocycles. The minimum atomic E-state index is -0.0598. The monoisotopic (exact) mass is 408 g/mol. The number of hydrogen-bond acceptors (Lipinski definition) is 5. The summed E-state index contributed by atoms with van der Waals surface area (Å²) in [6.45, 7) is 4.16. The Morgan fingerprint density at radius 2 is 1.77 bits per heavy atom. The van der Waals surface area contributed by atoms with Crippen molar-refractivity contribution < 1.29 is 14.2 Å². The molecule has 0 N–H and O–H groups in total. The number of rotatable bonds is 3. The van der Waals surface area contributed by atoms with Crippen molar-refractivity contribution in [1.82, 2.24) is 9.80 Å². The fraction of sp³-hybridized carbons (Fsp3) is 0.520. The maximum atomic E-state index is 6.67. The van der Waals surface area contributed by atoms with Crippen molar-refractivity contribution in [3.63, 3.8) is 0 Å². The Morgan fingerprint density at radius 3 is 2.60 bits per heavy atom. The molecule has 0 bridgehead atoms. The highest BCUT2D eigenvalue weighted by Crippen LogP contribution is 2.39. The second kappa shape index (κ2) is 8.12. The molecule has 1 saturated carbocycles. The van der Waals surface area contributed by atoms with Gasteiger partial charge in [0.25, 0.3) is 0 Å². The van der Waals surface area contributed by atoms with Gasteiger partial charge in [-0.1, -0.05) is 24.3 Å². The zero-order chi connectivity index (χ0) is 20.6. The Labute approximate surface area is 179 Å². The first-order valence-electron chi connectivity index (χ1n) is 11.1. The first-order chi connectivity index (χ1) is 14.6. The van der Waals surface area contributed by atoms with E-state index in [9.17, 15) is 0 Å². The highest BCUT2D eigenvalue weighted by Gasteiger charge is 2.41. The Kier molecular flexibility index (Phi) is 5.34. The second-order valence-electron chi connectivity index (χ2n) is 9.19. The van der Waals surface area contributed by atoms with E-state index in [1.165, 1.54) is 11.1 Å². The Bertz CT molecular complexity index is 892. The van der Waals surface area contributed by atoms with Crippen molar-refractivity contribution in [2.45, 2.75) is 50.4 Å². The van der Waals surface area contributed by atoms with Gasteiger partial charge >= 0.3 is 0 Å². The highest BCUT2D eigenvalue weighted by molar-refractivity contribution is 5.43. The van der Waals surface area contributed by atoms with Gasteiger partial charge in [-0.2, -0.15) is 0 Å².